The quantitative estimate of drug-likeness (QED) is 0.780. The zero-order valence-electron chi connectivity index (χ0n) is 14.6. The summed E-state index contributed by atoms with van der Waals surface area (Å²) in [5.74, 6) is -0.0423. The number of aromatic nitrogens is 2. The minimum Gasteiger partial charge on any atom is -0.348 e. The number of hydrogen-bond donors (Lipinski definition) is 1. The summed E-state index contributed by atoms with van der Waals surface area (Å²) in [5, 5.41) is 3.03. The number of fused-ring (bicyclic) bond motifs is 1. The number of carbonyl (C=O) groups excluding carboxylic acids is 1. The Balaban J connectivity index is 1.50. The molecule has 0 saturated carbocycles. The maximum atomic E-state index is 12.6. The largest absolute Gasteiger partial charge is 0.348 e. The molecule has 0 fully saturated rings. The van der Waals surface area contributed by atoms with E-state index in [1.54, 1.807) is 18.6 Å². The van der Waals surface area contributed by atoms with Gasteiger partial charge in [-0.3, -0.25) is 14.8 Å². The molecule has 1 aliphatic carbocycles. The van der Waals surface area contributed by atoms with Crippen LogP contribution in [-0.4, -0.2) is 15.9 Å². The van der Waals surface area contributed by atoms with Gasteiger partial charge in [-0.1, -0.05) is 12.1 Å². The number of pyridine rings is 2. The molecule has 2 heterocycles. The highest BCUT2D eigenvalue weighted by molar-refractivity contribution is 5.94. The van der Waals surface area contributed by atoms with Crippen LogP contribution in [0.2, 0.25) is 0 Å². The maximum absolute atomic E-state index is 12.6. The number of nitrogens with zero attached hydrogens (tertiary/aromatic N) is 2. The zero-order chi connectivity index (χ0) is 17.8. The second kappa shape index (κ2) is 7.48. The van der Waals surface area contributed by atoms with Crippen LogP contribution in [0.15, 0.2) is 61.1 Å². The Bertz CT molecular complexity index is 922. The second-order valence-corrected chi connectivity index (χ2v) is 6.63. The maximum Gasteiger partial charge on any atom is 0.251 e. The summed E-state index contributed by atoms with van der Waals surface area (Å²) in [6.07, 6.45) is 9.95. The van der Waals surface area contributed by atoms with Crippen LogP contribution >= 0.6 is 0 Å². The van der Waals surface area contributed by atoms with Crippen molar-refractivity contribution in [2.24, 2.45) is 0 Å². The van der Waals surface area contributed by atoms with E-state index in [9.17, 15) is 4.79 Å². The van der Waals surface area contributed by atoms with E-state index in [4.69, 9.17) is 0 Å². The number of benzene rings is 1. The van der Waals surface area contributed by atoms with Crippen molar-refractivity contribution in [1.82, 2.24) is 15.3 Å². The molecule has 0 unspecified atom stereocenters. The average molecular weight is 343 g/mol. The summed E-state index contributed by atoms with van der Waals surface area (Å²) >= 11 is 0. The van der Waals surface area contributed by atoms with Gasteiger partial charge in [-0.2, -0.15) is 0 Å². The van der Waals surface area contributed by atoms with Gasteiger partial charge in [0.25, 0.3) is 5.91 Å². The molecule has 0 radical (unpaired) electrons. The van der Waals surface area contributed by atoms with Crippen LogP contribution in [0.4, 0.5) is 0 Å². The lowest BCUT2D eigenvalue weighted by Crippen LogP contribution is -2.23. The normalized spacial score (nSPS) is 13.1. The van der Waals surface area contributed by atoms with Gasteiger partial charge < -0.3 is 5.32 Å². The molecule has 26 heavy (non-hydrogen) atoms. The van der Waals surface area contributed by atoms with Crippen LogP contribution in [0.5, 0.6) is 0 Å². The van der Waals surface area contributed by atoms with E-state index in [0.717, 1.165) is 35.2 Å². The Morgan fingerprint density at radius 2 is 1.85 bits per heavy atom. The van der Waals surface area contributed by atoms with Gasteiger partial charge in [-0.05, 0) is 72.7 Å². The summed E-state index contributed by atoms with van der Waals surface area (Å²) in [7, 11) is 0. The molecule has 2 aromatic heterocycles. The van der Waals surface area contributed by atoms with Crippen LogP contribution in [0.1, 0.15) is 39.9 Å². The Kier molecular flexibility index (Phi) is 4.73. The first-order valence-corrected chi connectivity index (χ1v) is 9.05. The van der Waals surface area contributed by atoms with Gasteiger partial charge in [0.2, 0.25) is 0 Å². The van der Waals surface area contributed by atoms with E-state index >= 15 is 0 Å². The van der Waals surface area contributed by atoms with E-state index in [1.807, 2.05) is 30.3 Å². The highest BCUT2D eigenvalue weighted by Gasteiger charge is 2.13. The molecule has 3 aromatic rings. The number of carbonyl (C=O) groups is 1. The molecule has 1 amide bonds. The van der Waals surface area contributed by atoms with E-state index in [2.05, 4.69) is 27.4 Å². The number of nitrogens with one attached hydrogen (secondary N) is 1. The molecule has 1 N–H and O–H groups in total. The minimum absolute atomic E-state index is 0.0423. The molecule has 4 heteroatoms. The van der Waals surface area contributed by atoms with E-state index in [1.165, 1.54) is 24.0 Å². The monoisotopic (exact) mass is 343 g/mol. The molecule has 4 nitrogen and oxygen atoms in total. The third kappa shape index (κ3) is 3.49. The second-order valence-electron chi connectivity index (χ2n) is 6.63. The smallest absolute Gasteiger partial charge is 0.251 e. The zero-order valence-corrected chi connectivity index (χ0v) is 14.6. The fourth-order valence-corrected chi connectivity index (χ4v) is 3.50. The first-order valence-electron chi connectivity index (χ1n) is 9.05. The number of rotatable bonds is 4. The van der Waals surface area contributed by atoms with Crippen LogP contribution < -0.4 is 5.32 Å². The fourth-order valence-electron chi connectivity index (χ4n) is 3.50. The summed E-state index contributed by atoms with van der Waals surface area (Å²) < 4.78 is 0. The molecule has 1 aromatic carbocycles. The van der Waals surface area contributed by atoms with E-state index in [0.29, 0.717) is 6.54 Å². The molecular formula is C22H21N3O. The van der Waals surface area contributed by atoms with Crippen molar-refractivity contribution in [3.8, 4) is 11.3 Å². The van der Waals surface area contributed by atoms with Crippen LogP contribution in [-0.2, 0) is 19.4 Å². The Morgan fingerprint density at radius 1 is 1.00 bits per heavy atom. The average Bonchev–Trinajstić information content (AvgIpc) is 2.72. The number of amides is 1. The van der Waals surface area contributed by atoms with E-state index < -0.39 is 0 Å². The highest BCUT2D eigenvalue weighted by Crippen LogP contribution is 2.23. The van der Waals surface area contributed by atoms with Gasteiger partial charge in [0.15, 0.2) is 0 Å². The van der Waals surface area contributed by atoms with Crippen molar-refractivity contribution >= 4 is 5.91 Å². The molecular weight excluding hydrogens is 322 g/mol. The van der Waals surface area contributed by atoms with E-state index in [-0.39, 0.29) is 5.91 Å². The van der Waals surface area contributed by atoms with Crippen molar-refractivity contribution in [3.63, 3.8) is 0 Å². The van der Waals surface area contributed by atoms with Gasteiger partial charge in [0, 0.05) is 36.3 Å². The van der Waals surface area contributed by atoms with Crippen LogP contribution in [0, 0.1) is 0 Å². The van der Waals surface area contributed by atoms with Crippen molar-refractivity contribution in [2.45, 2.75) is 32.2 Å². The third-order valence-electron chi connectivity index (χ3n) is 4.88. The predicted molar refractivity (Wildman–Crippen MR) is 102 cm³/mol. The lowest BCUT2D eigenvalue weighted by atomic mass is 9.90. The van der Waals surface area contributed by atoms with Crippen molar-refractivity contribution < 1.29 is 4.79 Å². The first-order chi connectivity index (χ1) is 12.8. The first kappa shape index (κ1) is 16.5. The standard InChI is InChI=1S/C22H21N3O/c26-22(18-10-9-16-5-1-2-6-17(16)13-18)25-15-20-8-4-12-24-21(20)19-7-3-11-23-14-19/h3-4,7-14H,1-2,5-6,15H2,(H,25,26). The van der Waals surface area contributed by atoms with Crippen molar-refractivity contribution in [1.29, 1.82) is 0 Å². The molecule has 0 bridgehead atoms. The fraction of sp³-hybridized carbons (Fsp3) is 0.227. The van der Waals surface area contributed by atoms with Gasteiger partial charge in [-0.15, -0.1) is 0 Å². The minimum atomic E-state index is -0.0423. The summed E-state index contributed by atoms with van der Waals surface area (Å²) in [5.41, 5.74) is 6.22. The summed E-state index contributed by atoms with van der Waals surface area (Å²) in [6.45, 7) is 0.438. The van der Waals surface area contributed by atoms with Crippen molar-refractivity contribution in [3.05, 3.63) is 83.3 Å². The number of aryl methyl sites for hydroxylation is 2. The Hall–Kier alpha value is -3.01. The predicted octanol–water partition coefficient (Wildman–Crippen LogP) is 3.95. The van der Waals surface area contributed by atoms with Gasteiger partial charge in [0.1, 0.15) is 0 Å². The number of hydrogen-bond acceptors (Lipinski definition) is 3. The summed E-state index contributed by atoms with van der Waals surface area (Å²) in [6, 6.07) is 13.8. The molecule has 0 atom stereocenters. The van der Waals surface area contributed by atoms with Gasteiger partial charge >= 0.3 is 0 Å². The Labute approximate surface area is 153 Å². The Morgan fingerprint density at radius 3 is 2.69 bits per heavy atom. The lowest BCUT2D eigenvalue weighted by Gasteiger charge is -2.16. The SMILES string of the molecule is O=C(NCc1cccnc1-c1cccnc1)c1ccc2c(c1)CCCC2. The molecule has 4 rings (SSSR count). The molecule has 0 aliphatic heterocycles. The van der Waals surface area contributed by atoms with Crippen molar-refractivity contribution in [2.75, 3.05) is 0 Å². The lowest BCUT2D eigenvalue weighted by molar-refractivity contribution is 0.0951. The third-order valence-corrected chi connectivity index (χ3v) is 4.88. The molecule has 0 saturated heterocycles. The highest BCUT2D eigenvalue weighted by atomic mass is 16.1. The molecule has 0 spiro atoms. The summed E-state index contributed by atoms with van der Waals surface area (Å²) in [4.78, 5) is 21.2. The molecule has 130 valence electrons. The topological polar surface area (TPSA) is 54.9 Å². The van der Waals surface area contributed by atoms with Gasteiger partial charge in [-0.25, -0.2) is 0 Å². The van der Waals surface area contributed by atoms with Gasteiger partial charge in [0.05, 0.1) is 5.69 Å². The van der Waals surface area contributed by atoms with Crippen LogP contribution in [0.25, 0.3) is 11.3 Å². The molecule has 1 aliphatic rings. The van der Waals surface area contributed by atoms with Crippen LogP contribution in [0.3, 0.4) is 0 Å².